The third-order valence-electron chi connectivity index (χ3n) is 4.79. The molecule has 4 rings (SSSR count). The van der Waals surface area contributed by atoms with E-state index >= 15 is 0 Å². The molecule has 0 amide bonds. The van der Waals surface area contributed by atoms with Gasteiger partial charge in [-0.3, -0.25) is 0 Å². The molecular formula is C25H20FN. The molecule has 0 spiro atoms. The Morgan fingerprint density at radius 1 is 0.556 bits per heavy atom. The zero-order valence-electron chi connectivity index (χ0n) is 15.1. The number of halogens is 1. The average molecular weight is 353 g/mol. The van der Waals surface area contributed by atoms with Crippen LogP contribution in [0, 0.1) is 5.82 Å². The molecule has 4 aromatic carbocycles. The summed E-state index contributed by atoms with van der Waals surface area (Å²) in [5, 5.41) is 0. The zero-order valence-corrected chi connectivity index (χ0v) is 15.1. The predicted octanol–water partition coefficient (Wildman–Crippen LogP) is 6.93. The van der Waals surface area contributed by atoms with Crippen molar-refractivity contribution in [2.75, 3.05) is 11.9 Å². The summed E-state index contributed by atoms with van der Waals surface area (Å²) in [5.41, 5.74) is 5.69. The van der Waals surface area contributed by atoms with Crippen molar-refractivity contribution < 1.29 is 4.39 Å². The van der Waals surface area contributed by atoms with Crippen LogP contribution < -0.4 is 4.90 Å². The molecule has 1 nitrogen and oxygen atoms in total. The molecule has 2 heteroatoms. The van der Waals surface area contributed by atoms with Crippen molar-refractivity contribution in [1.82, 2.24) is 0 Å². The largest absolute Gasteiger partial charge is 0.345 e. The summed E-state index contributed by atoms with van der Waals surface area (Å²) in [6.07, 6.45) is 0. The molecule has 132 valence electrons. The summed E-state index contributed by atoms with van der Waals surface area (Å²) in [4.78, 5) is 1.99. The molecule has 0 N–H and O–H groups in total. The van der Waals surface area contributed by atoms with E-state index in [2.05, 4.69) is 36.4 Å². The molecule has 0 bridgehead atoms. The van der Waals surface area contributed by atoms with Gasteiger partial charge in [0.25, 0.3) is 0 Å². The lowest BCUT2D eigenvalue weighted by Crippen LogP contribution is -2.09. The van der Waals surface area contributed by atoms with E-state index in [-0.39, 0.29) is 5.82 Å². The van der Waals surface area contributed by atoms with E-state index in [0.29, 0.717) is 5.56 Å². The van der Waals surface area contributed by atoms with Crippen molar-refractivity contribution in [2.24, 2.45) is 0 Å². The van der Waals surface area contributed by atoms with Crippen LogP contribution in [0.25, 0.3) is 22.3 Å². The smallest absolute Gasteiger partial charge is 0.133 e. The highest BCUT2D eigenvalue weighted by Crippen LogP contribution is 2.30. The summed E-state index contributed by atoms with van der Waals surface area (Å²) < 4.78 is 14.7. The lowest BCUT2D eigenvalue weighted by Gasteiger charge is -2.20. The minimum Gasteiger partial charge on any atom is -0.345 e. The Morgan fingerprint density at radius 3 is 1.67 bits per heavy atom. The van der Waals surface area contributed by atoms with Gasteiger partial charge in [0, 0.05) is 24.0 Å². The SMILES string of the molecule is CN(c1ccc(-c2ccccc2)cc1)c1ccc(-c2ccccc2)c(F)c1. The zero-order chi connectivity index (χ0) is 18.6. The molecule has 0 aliphatic heterocycles. The molecule has 0 radical (unpaired) electrons. The third-order valence-corrected chi connectivity index (χ3v) is 4.79. The van der Waals surface area contributed by atoms with Crippen molar-refractivity contribution in [1.29, 1.82) is 0 Å². The highest BCUT2D eigenvalue weighted by atomic mass is 19.1. The van der Waals surface area contributed by atoms with Crippen LogP contribution in [0.5, 0.6) is 0 Å². The second kappa shape index (κ2) is 7.46. The molecule has 0 aliphatic carbocycles. The monoisotopic (exact) mass is 353 g/mol. The first-order chi connectivity index (χ1) is 13.2. The van der Waals surface area contributed by atoms with E-state index in [4.69, 9.17) is 0 Å². The molecular weight excluding hydrogens is 333 g/mol. The minimum atomic E-state index is -0.216. The first kappa shape index (κ1) is 17.0. The van der Waals surface area contributed by atoms with Crippen molar-refractivity contribution in [3.8, 4) is 22.3 Å². The standard InChI is InChI=1S/C25H20FN/c1-27(22-14-12-20(13-15-22)19-8-4-2-5-9-19)23-16-17-24(25(26)18-23)21-10-6-3-7-11-21/h2-18H,1H3. The van der Waals surface area contributed by atoms with Crippen LogP contribution in [0.1, 0.15) is 0 Å². The number of hydrogen-bond donors (Lipinski definition) is 0. The topological polar surface area (TPSA) is 3.24 Å². The minimum absolute atomic E-state index is 0.216. The molecule has 0 aromatic heterocycles. The number of nitrogens with zero attached hydrogens (tertiary/aromatic N) is 1. The van der Waals surface area contributed by atoms with Gasteiger partial charge < -0.3 is 4.90 Å². The van der Waals surface area contributed by atoms with Crippen LogP contribution in [-0.4, -0.2) is 7.05 Å². The number of anilines is 2. The van der Waals surface area contributed by atoms with Crippen LogP contribution >= 0.6 is 0 Å². The van der Waals surface area contributed by atoms with Gasteiger partial charge in [0.1, 0.15) is 5.82 Å². The first-order valence-electron chi connectivity index (χ1n) is 8.96. The molecule has 0 saturated carbocycles. The predicted molar refractivity (Wildman–Crippen MR) is 112 cm³/mol. The fourth-order valence-corrected chi connectivity index (χ4v) is 3.22. The second-order valence-corrected chi connectivity index (χ2v) is 6.50. The lowest BCUT2D eigenvalue weighted by atomic mass is 10.0. The quantitative estimate of drug-likeness (QED) is 0.384. The Kier molecular flexibility index (Phi) is 4.71. The van der Waals surface area contributed by atoms with Crippen molar-refractivity contribution in [3.05, 3.63) is 109 Å². The van der Waals surface area contributed by atoms with Gasteiger partial charge in [0.15, 0.2) is 0 Å². The Balaban J connectivity index is 1.59. The average Bonchev–Trinajstić information content (AvgIpc) is 2.74. The highest BCUT2D eigenvalue weighted by Gasteiger charge is 2.10. The van der Waals surface area contributed by atoms with Gasteiger partial charge >= 0.3 is 0 Å². The van der Waals surface area contributed by atoms with Gasteiger partial charge in [0.2, 0.25) is 0 Å². The Bertz CT molecular complexity index is 1020. The number of hydrogen-bond acceptors (Lipinski definition) is 1. The fourth-order valence-electron chi connectivity index (χ4n) is 3.22. The van der Waals surface area contributed by atoms with Crippen molar-refractivity contribution >= 4 is 11.4 Å². The molecule has 0 atom stereocenters. The van der Waals surface area contributed by atoms with E-state index in [1.807, 2.05) is 72.6 Å². The molecule has 0 unspecified atom stereocenters. The normalized spacial score (nSPS) is 10.6. The van der Waals surface area contributed by atoms with Gasteiger partial charge in [-0.15, -0.1) is 0 Å². The maximum atomic E-state index is 14.7. The van der Waals surface area contributed by atoms with Crippen LogP contribution in [0.3, 0.4) is 0 Å². The van der Waals surface area contributed by atoms with Crippen molar-refractivity contribution in [2.45, 2.75) is 0 Å². The van der Waals surface area contributed by atoms with Crippen LogP contribution in [0.15, 0.2) is 103 Å². The van der Waals surface area contributed by atoms with Gasteiger partial charge in [-0.25, -0.2) is 4.39 Å². The summed E-state index contributed by atoms with van der Waals surface area (Å²) in [6.45, 7) is 0. The molecule has 0 fully saturated rings. The van der Waals surface area contributed by atoms with Crippen LogP contribution in [-0.2, 0) is 0 Å². The summed E-state index contributed by atoms with van der Waals surface area (Å²) in [7, 11) is 1.95. The fraction of sp³-hybridized carbons (Fsp3) is 0.0400. The summed E-state index contributed by atoms with van der Waals surface area (Å²) in [5.74, 6) is -0.216. The molecule has 0 heterocycles. The highest BCUT2D eigenvalue weighted by molar-refractivity contribution is 5.72. The van der Waals surface area contributed by atoms with Crippen molar-refractivity contribution in [3.63, 3.8) is 0 Å². The van der Waals surface area contributed by atoms with E-state index in [1.54, 1.807) is 6.07 Å². The summed E-state index contributed by atoms with van der Waals surface area (Å²) in [6, 6.07) is 33.6. The molecule has 0 saturated heterocycles. The number of rotatable bonds is 4. The van der Waals surface area contributed by atoms with E-state index in [0.717, 1.165) is 16.9 Å². The third kappa shape index (κ3) is 3.61. The van der Waals surface area contributed by atoms with Crippen LogP contribution in [0.4, 0.5) is 15.8 Å². The van der Waals surface area contributed by atoms with Crippen LogP contribution in [0.2, 0.25) is 0 Å². The molecule has 0 aliphatic rings. The second-order valence-electron chi connectivity index (χ2n) is 6.50. The Hall–Kier alpha value is -3.39. The molecule has 4 aromatic rings. The lowest BCUT2D eigenvalue weighted by molar-refractivity contribution is 0.631. The van der Waals surface area contributed by atoms with Gasteiger partial charge in [0.05, 0.1) is 0 Å². The van der Waals surface area contributed by atoms with Gasteiger partial charge in [-0.2, -0.15) is 0 Å². The Morgan fingerprint density at radius 2 is 1.07 bits per heavy atom. The van der Waals surface area contributed by atoms with Gasteiger partial charge in [-0.1, -0.05) is 72.8 Å². The maximum absolute atomic E-state index is 14.7. The van der Waals surface area contributed by atoms with E-state index in [9.17, 15) is 4.39 Å². The Labute approximate surface area is 159 Å². The first-order valence-corrected chi connectivity index (χ1v) is 8.96. The molecule has 27 heavy (non-hydrogen) atoms. The van der Waals surface area contributed by atoms with Gasteiger partial charge in [-0.05, 0) is 47.0 Å². The number of benzene rings is 4. The summed E-state index contributed by atoms with van der Waals surface area (Å²) >= 11 is 0. The van der Waals surface area contributed by atoms with E-state index < -0.39 is 0 Å². The van der Waals surface area contributed by atoms with E-state index in [1.165, 1.54) is 11.1 Å². The maximum Gasteiger partial charge on any atom is 0.133 e.